The van der Waals surface area contributed by atoms with Crippen molar-refractivity contribution in [1.82, 2.24) is 10.2 Å². The zero-order chi connectivity index (χ0) is 25.2. The van der Waals surface area contributed by atoms with Gasteiger partial charge in [0.1, 0.15) is 11.6 Å². The van der Waals surface area contributed by atoms with Gasteiger partial charge in [-0.1, -0.05) is 56.3 Å². The van der Waals surface area contributed by atoms with Crippen LogP contribution < -0.4 is 10.1 Å². The van der Waals surface area contributed by atoms with Crippen LogP contribution in [0, 0.1) is 0 Å². The predicted octanol–water partition coefficient (Wildman–Crippen LogP) is 5.71. The maximum atomic E-state index is 12.0. The molecule has 0 spiro atoms. The second-order valence-corrected chi connectivity index (χ2v) is 7.99. The Morgan fingerprint density at radius 2 is 1.82 bits per heavy atom. The second-order valence-electron chi connectivity index (χ2n) is 7.59. The van der Waals surface area contributed by atoms with Crippen LogP contribution in [0.4, 0.5) is 4.39 Å². The molecule has 1 unspecified atom stereocenters. The van der Waals surface area contributed by atoms with Crippen LogP contribution in [-0.2, 0) is 0 Å². The fourth-order valence-electron chi connectivity index (χ4n) is 3.22. The van der Waals surface area contributed by atoms with E-state index < -0.39 is 5.83 Å². The van der Waals surface area contributed by atoms with Gasteiger partial charge < -0.3 is 14.9 Å². The fraction of sp³-hybridized carbons (Fsp3) is 0.538. The van der Waals surface area contributed by atoms with Gasteiger partial charge in [-0.3, -0.25) is 10.2 Å². The third kappa shape index (κ3) is 13.6. The SMILES string of the molecule is C=C(C)/C=C(/Cl)C(=C)F.CC.CC(c1ccc(OCCCO)cc1)N1CCC(NCO)CC1. The summed E-state index contributed by atoms with van der Waals surface area (Å²) in [5.74, 6) is 0.231. The maximum absolute atomic E-state index is 12.0. The van der Waals surface area contributed by atoms with E-state index in [1.807, 2.05) is 26.0 Å². The summed E-state index contributed by atoms with van der Waals surface area (Å²) in [6.45, 7) is 17.4. The molecule has 1 fully saturated rings. The first kappa shape index (κ1) is 31.3. The number of halogens is 2. The number of aliphatic hydroxyl groups excluding tert-OH is 2. The van der Waals surface area contributed by atoms with Gasteiger partial charge in [0.25, 0.3) is 0 Å². The highest BCUT2D eigenvalue weighted by molar-refractivity contribution is 6.31. The van der Waals surface area contributed by atoms with Crippen LogP contribution in [0.3, 0.4) is 0 Å². The first-order chi connectivity index (χ1) is 15.8. The summed E-state index contributed by atoms with van der Waals surface area (Å²) in [7, 11) is 0. The van der Waals surface area contributed by atoms with Crippen LogP contribution in [-0.4, -0.2) is 54.2 Å². The molecule has 0 amide bonds. The lowest BCUT2D eigenvalue weighted by molar-refractivity contribution is 0.136. The van der Waals surface area contributed by atoms with Crippen LogP contribution in [0.5, 0.6) is 5.75 Å². The molecule has 7 heteroatoms. The van der Waals surface area contributed by atoms with Crippen LogP contribution in [0.1, 0.15) is 58.6 Å². The van der Waals surface area contributed by atoms with Crippen molar-refractivity contribution < 1.29 is 19.3 Å². The van der Waals surface area contributed by atoms with E-state index in [2.05, 4.69) is 42.4 Å². The number of aliphatic hydroxyl groups is 2. The molecular formula is C26H42ClFN2O3. The largest absolute Gasteiger partial charge is 0.494 e. The van der Waals surface area contributed by atoms with Gasteiger partial charge in [-0.15, -0.1) is 0 Å². The monoisotopic (exact) mass is 484 g/mol. The molecule has 1 aliphatic heterocycles. The minimum atomic E-state index is -0.625. The standard InChI is InChI=1S/C17H28N2O3.C7H8ClF.C2H6/c1-14(19-9-7-16(8-10-19)18-13-21)15-3-5-17(6-4-15)22-12-2-11-20;1-5(2)4-7(8)6(3)9;1-2/h3-6,14,16,18,20-21H,2,7-13H2,1H3;4H,1,3H2,2H3;1-2H3/b;7-4+;. The van der Waals surface area contributed by atoms with Gasteiger partial charge >= 0.3 is 0 Å². The lowest BCUT2D eigenvalue weighted by Crippen LogP contribution is -2.43. The van der Waals surface area contributed by atoms with Crippen molar-refractivity contribution in [3.63, 3.8) is 0 Å². The van der Waals surface area contributed by atoms with Gasteiger partial charge in [0.15, 0.2) is 0 Å². The van der Waals surface area contributed by atoms with E-state index in [-0.39, 0.29) is 18.4 Å². The Morgan fingerprint density at radius 3 is 2.24 bits per heavy atom. The molecule has 1 aromatic carbocycles. The van der Waals surface area contributed by atoms with E-state index in [4.69, 9.17) is 26.6 Å². The van der Waals surface area contributed by atoms with Crippen LogP contribution in [0.15, 0.2) is 59.9 Å². The first-order valence-electron chi connectivity index (χ1n) is 11.6. The van der Waals surface area contributed by atoms with Crippen molar-refractivity contribution in [2.75, 3.05) is 33.0 Å². The summed E-state index contributed by atoms with van der Waals surface area (Å²) in [4.78, 5) is 2.48. The first-order valence-corrected chi connectivity index (χ1v) is 12.0. The minimum Gasteiger partial charge on any atom is -0.494 e. The summed E-state index contributed by atoms with van der Waals surface area (Å²) < 4.78 is 17.6. The molecule has 0 saturated carbocycles. The highest BCUT2D eigenvalue weighted by Gasteiger charge is 2.23. The van der Waals surface area contributed by atoms with E-state index in [9.17, 15) is 4.39 Å². The fourth-order valence-corrected chi connectivity index (χ4v) is 3.41. The number of ether oxygens (including phenoxy) is 1. The molecule has 33 heavy (non-hydrogen) atoms. The third-order valence-electron chi connectivity index (χ3n) is 5.02. The second kappa shape index (κ2) is 18.7. The molecule has 1 atom stereocenters. The van der Waals surface area contributed by atoms with Crippen molar-refractivity contribution in [3.05, 3.63) is 65.5 Å². The van der Waals surface area contributed by atoms with Gasteiger partial charge in [-0.25, -0.2) is 4.39 Å². The summed E-state index contributed by atoms with van der Waals surface area (Å²) in [5.41, 5.74) is 2.00. The predicted molar refractivity (Wildman–Crippen MR) is 137 cm³/mol. The molecule has 3 N–H and O–H groups in total. The number of benzene rings is 1. The molecule has 0 aliphatic carbocycles. The third-order valence-corrected chi connectivity index (χ3v) is 5.34. The van der Waals surface area contributed by atoms with Gasteiger partial charge in [0.05, 0.1) is 18.4 Å². The molecule has 1 aromatic rings. The van der Waals surface area contributed by atoms with E-state index in [1.54, 1.807) is 6.92 Å². The van der Waals surface area contributed by atoms with Crippen molar-refractivity contribution in [2.45, 2.75) is 59.0 Å². The summed E-state index contributed by atoms with van der Waals surface area (Å²) >= 11 is 5.34. The number of allylic oxidation sites excluding steroid dienone is 4. The van der Waals surface area contributed by atoms with Gasteiger partial charge in [-0.05, 0) is 50.5 Å². The van der Waals surface area contributed by atoms with Gasteiger partial charge in [0, 0.05) is 38.2 Å². The molecule has 5 nitrogen and oxygen atoms in total. The molecule has 188 valence electrons. The number of nitrogens with one attached hydrogen (secondary N) is 1. The average molecular weight is 485 g/mol. The topological polar surface area (TPSA) is 65.0 Å². The minimum absolute atomic E-state index is 0.0162. The number of piperidine rings is 1. The van der Waals surface area contributed by atoms with Crippen molar-refractivity contribution in [2.24, 2.45) is 0 Å². The number of hydrogen-bond donors (Lipinski definition) is 3. The van der Waals surface area contributed by atoms with Crippen LogP contribution in [0.2, 0.25) is 0 Å². The molecule has 2 rings (SSSR count). The van der Waals surface area contributed by atoms with E-state index >= 15 is 0 Å². The molecule has 1 heterocycles. The molecule has 0 aromatic heterocycles. The van der Waals surface area contributed by atoms with Gasteiger partial charge in [0.2, 0.25) is 0 Å². The van der Waals surface area contributed by atoms with Crippen molar-refractivity contribution >= 4 is 11.6 Å². The number of likely N-dealkylation sites (tertiary alicyclic amines) is 1. The van der Waals surface area contributed by atoms with E-state index in [1.165, 1.54) is 11.6 Å². The van der Waals surface area contributed by atoms with E-state index in [0.717, 1.165) is 31.7 Å². The summed E-state index contributed by atoms with van der Waals surface area (Å²) in [5, 5.41) is 20.8. The van der Waals surface area contributed by atoms with Crippen molar-refractivity contribution in [3.8, 4) is 5.75 Å². The Labute approximate surface area is 204 Å². The highest BCUT2D eigenvalue weighted by atomic mass is 35.5. The quantitative estimate of drug-likeness (QED) is 0.225. The molecule has 1 saturated heterocycles. The van der Waals surface area contributed by atoms with Crippen molar-refractivity contribution in [1.29, 1.82) is 0 Å². The normalized spacial score (nSPS) is 15.5. The number of hydrogen-bond acceptors (Lipinski definition) is 5. The summed E-state index contributed by atoms with van der Waals surface area (Å²) in [6.07, 6.45) is 4.24. The maximum Gasteiger partial charge on any atom is 0.134 e. The Kier molecular flexibility index (Phi) is 17.7. The molecule has 1 aliphatic rings. The Bertz CT molecular complexity index is 702. The smallest absolute Gasteiger partial charge is 0.134 e. The average Bonchev–Trinajstić information content (AvgIpc) is 2.81. The van der Waals surface area contributed by atoms with E-state index in [0.29, 0.717) is 30.7 Å². The molecule has 0 bridgehead atoms. The Morgan fingerprint density at radius 1 is 1.24 bits per heavy atom. The highest BCUT2D eigenvalue weighted by Crippen LogP contribution is 2.26. The Hall–Kier alpha value is -1.70. The zero-order valence-electron chi connectivity index (χ0n) is 20.6. The summed E-state index contributed by atoms with van der Waals surface area (Å²) in [6, 6.07) is 9.08. The molecular weight excluding hydrogens is 443 g/mol. The van der Waals surface area contributed by atoms with Crippen LogP contribution in [0.25, 0.3) is 0 Å². The number of nitrogens with zero attached hydrogens (tertiary/aromatic N) is 1. The van der Waals surface area contributed by atoms with Crippen LogP contribution >= 0.6 is 11.6 Å². The molecule has 0 radical (unpaired) electrons. The Balaban J connectivity index is 0.000000786. The lowest BCUT2D eigenvalue weighted by Gasteiger charge is -2.36. The van der Waals surface area contributed by atoms with Gasteiger partial charge in [-0.2, -0.15) is 0 Å². The lowest BCUT2D eigenvalue weighted by atomic mass is 10.0. The zero-order valence-corrected chi connectivity index (χ0v) is 21.4. The number of rotatable bonds is 10.